The van der Waals surface area contributed by atoms with E-state index in [1.165, 1.54) is 11.6 Å². The van der Waals surface area contributed by atoms with Crippen molar-refractivity contribution in [1.82, 2.24) is 0 Å². The Morgan fingerprint density at radius 1 is 1.06 bits per heavy atom. The van der Waals surface area contributed by atoms with Crippen molar-refractivity contribution in [3.05, 3.63) is 71.0 Å². The van der Waals surface area contributed by atoms with Crippen LogP contribution >= 0.6 is 0 Å². The van der Waals surface area contributed by atoms with Crippen LogP contribution in [0.25, 0.3) is 0 Å². The molecule has 2 unspecified atom stereocenters. The van der Waals surface area contributed by atoms with Gasteiger partial charge >= 0.3 is 0 Å². The monoisotopic (exact) mass is 228 g/mol. The quantitative estimate of drug-likeness (QED) is 0.836. The summed E-state index contributed by atoms with van der Waals surface area (Å²) < 4.78 is 13.6. The molecule has 1 nitrogen and oxygen atoms in total. The molecule has 0 bridgehead atoms. The largest absolute Gasteiger partial charge is 0.388 e. The molecule has 0 fully saturated rings. The van der Waals surface area contributed by atoms with Gasteiger partial charge < -0.3 is 5.11 Å². The van der Waals surface area contributed by atoms with Crippen molar-refractivity contribution < 1.29 is 9.50 Å². The van der Waals surface area contributed by atoms with Crippen molar-refractivity contribution in [2.24, 2.45) is 0 Å². The number of rotatable bonds is 2. The summed E-state index contributed by atoms with van der Waals surface area (Å²) in [5.74, 6) is -0.299. The smallest absolute Gasteiger partial charge is 0.129 e. The van der Waals surface area contributed by atoms with Gasteiger partial charge in [-0.2, -0.15) is 0 Å². The molecule has 0 saturated carbocycles. The third kappa shape index (κ3) is 1.65. The first-order chi connectivity index (χ1) is 8.27. The summed E-state index contributed by atoms with van der Waals surface area (Å²) in [6, 6.07) is 14.5. The molecule has 1 aliphatic rings. The number of benzene rings is 2. The van der Waals surface area contributed by atoms with Crippen LogP contribution in [-0.2, 0) is 6.42 Å². The van der Waals surface area contributed by atoms with Gasteiger partial charge in [-0.05, 0) is 23.6 Å². The van der Waals surface area contributed by atoms with Crippen LogP contribution in [0.5, 0.6) is 0 Å². The number of aliphatic hydroxyl groups is 1. The van der Waals surface area contributed by atoms with E-state index in [0.717, 1.165) is 12.0 Å². The maximum Gasteiger partial charge on any atom is 0.129 e. The summed E-state index contributed by atoms with van der Waals surface area (Å²) in [5.41, 5.74) is 2.79. The number of halogens is 1. The summed E-state index contributed by atoms with van der Waals surface area (Å²) >= 11 is 0. The molecule has 1 aliphatic carbocycles. The second kappa shape index (κ2) is 3.97. The van der Waals surface area contributed by atoms with Gasteiger partial charge in [0.1, 0.15) is 5.82 Å². The molecule has 0 saturated heterocycles. The van der Waals surface area contributed by atoms with E-state index < -0.39 is 6.10 Å². The number of hydrogen-bond donors (Lipinski definition) is 1. The lowest BCUT2D eigenvalue weighted by Gasteiger charge is -2.34. The molecular formula is C15H13FO. The molecule has 2 heteroatoms. The number of aliphatic hydroxyl groups excluding tert-OH is 1. The second-order valence-corrected chi connectivity index (χ2v) is 4.48. The Kier molecular flexibility index (Phi) is 2.45. The Balaban J connectivity index is 1.91. The minimum absolute atomic E-state index is 0.0306. The Morgan fingerprint density at radius 2 is 1.76 bits per heavy atom. The standard InChI is InChI=1S/C15H13FO/c16-14-8-4-3-7-12(14)15(17)13-9-10-5-1-2-6-11(10)13/h1-8,13,15,17H,9H2. The lowest BCUT2D eigenvalue weighted by molar-refractivity contribution is 0.130. The van der Waals surface area contributed by atoms with Crippen LogP contribution < -0.4 is 0 Å². The van der Waals surface area contributed by atoms with Gasteiger partial charge in [-0.3, -0.25) is 0 Å². The van der Waals surface area contributed by atoms with Gasteiger partial charge in [0.2, 0.25) is 0 Å². The maximum absolute atomic E-state index is 13.6. The molecule has 0 aromatic heterocycles. The molecule has 0 spiro atoms. The van der Waals surface area contributed by atoms with E-state index in [1.807, 2.05) is 18.2 Å². The van der Waals surface area contributed by atoms with E-state index in [4.69, 9.17) is 0 Å². The average Bonchev–Trinajstić information content (AvgIpc) is 2.31. The molecule has 17 heavy (non-hydrogen) atoms. The molecule has 0 radical (unpaired) electrons. The lowest BCUT2D eigenvalue weighted by Crippen LogP contribution is -2.24. The second-order valence-electron chi connectivity index (χ2n) is 4.48. The van der Waals surface area contributed by atoms with Crippen LogP contribution in [0.1, 0.15) is 28.7 Å². The van der Waals surface area contributed by atoms with Crippen LogP contribution in [-0.4, -0.2) is 5.11 Å². The van der Waals surface area contributed by atoms with E-state index in [1.54, 1.807) is 18.2 Å². The predicted molar refractivity (Wildman–Crippen MR) is 64.2 cm³/mol. The van der Waals surface area contributed by atoms with Gasteiger partial charge in [0.25, 0.3) is 0 Å². The molecule has 2 aromatic rings. The molecule has 0 aliphatic heterocycles. The van der Waals surface area contributed by atoms with E-state index in [-0.39, 0.29) is 11.7 Å². The van der Waals surface area contributed by atoms with E-state index >= 15 is 0 Å². The summed E-state index contributed by atoms with van der Waals surface area (Å²) in [5, 5.41) is 10.2. The van der Waals surface area contributed by atoms with E-state index in [9.17, 15) is 9.50 Å². The minimum Gasteiger partial charge on any atom is -0.388 e. The fourth-order valence-electron chi connectivity index (χ4n) is 2.51. The third-order valence-corrected chi connectivity index (χ3v) is 3.50. The van der Waals surface area contributed by atoms with E-state index in [0.29, 0.717) is 5.56 Å². The van der Waals surface area contributed by atoms with Gasteiger partial charge in [-0.25, -0.2) is 4.39 Å². The topological polar surface area (TPSA) is 20.2 Å². The highest BCUT2D eigenvalue weighted by molar-refractivity contribution is 5.42. The van der Waals surface area contributed by atoms with Crippen LogP contribution in [0.2, 0.25) is 0 Å². The fourth-order valence-corrected chi connectivity index (χ4v) is 2.51. The Morgan fingerprint density at radius 3 is 2.53 bits per heavy atom. The SMILES string of the molecule is OC(c1ccccc1F)C1Cc2ccccc21. The lowest BCUT2D eigenvalue weighted by atomic mass is 9.73. The van der Waals surface area contributed by atoms with Crippen LogP contribution in [0, 0.1) is 5.82 Å². The van der Waals surface area contributed by atoms with Crippen molar-refractivity contribution in [2.45, 2.75) is 18.4 Å². The zero-order valence-corrected chi connectivity index (χ0v) is 9.31. The molecule has 0 amide bonds. The van der Waals surface area contributed by atoms with Crippen molar-refractivity contribution in [2.75, 3.05) is 0 Å². The minimum atomic E-state index is -0.744. The molecule has 86 valence electrons. The highest BCUT2D eigenvalue weighted by Crippen LogP contribution is 2.43. The van der Waals surface area contributed by atoms with Crippen LogP contribution in [0.15, 0.2) is 48.5 Å². The van der Waals surface area contributed by atoms with E-state index in [2.05, 4.69) is 6.07 Å². The van der Waals surface area contributed by atoms with Gasteiger partial charge in [0.05, 0.1) is 6.10 Å². The molecule has 2 atom stereocenters. The van der Waals surface area contributed by atoms with Crippen molar-refractivity contribution >= 4 is 0 Å². The first kappa shape index (κ1) is 10.5. The highest BCUT2D eigenvalue weighted by Gasteiger charge is 2.33. The van der Waals surface area contributed by atoms with Gasteiger partial charge in [-0.1, -0.05) is 42.5 Å². The molecular weight excluding hydrogens is 215 g/mol. The van der Waals surface area contributed by atoms with Crippen molar-refractivity contribution in [3.63, 3.8) is 0 Å². The van der Waals surface area contributed by atoms with Crippen molar-refractivity contribution in [3.8, 4) is 0 Å². The first-order valence-electron chi connectivity index (χ1n) is 5.77. The Labute approximate surface area is 99.5 Å². The summed E-state index contributed by atoms with van der Waals surface area (Å²) in [7, 11) is 0. The number of hydrogen-bond acceptors (Lipinski definition) is 1. The zero-order chi connectivity index (χ0) is 11.8. The predicted octanol–water partition coefficient (Wildman–Crippen LogP) is 3.20. The molecule has 3 rings (SSSR count). The third-order valence-electron chi connectivity index (χ3n) is 3.50. The maximum atomic E-state index is 13.6. The van der Waals surface area contributed by atoms with Crippen LogP contribution in [0.3, 0.4) is 0 Å². The zero-order valence-electron chi connectivity index (χ0n) is 9.31. The summed E-state index contributed by atoms with van der Waals surface area (Å²) in [6.45, 7) is 0. The van der Waals surface area contributed by atoms with Gasteiger partial charge in [0, 0.05) is 11.5 Å². The molecule has 2 aromatic carbocycles. The molecule has 1 N–H and O–H groups in total. The average molecular weight is 228 g/mol. The summed E-state index contributed by atoms with van der Waals surface area (Å²) in [6.07, 6.45) is 0.0807. The summed E-state index contributed by atoms with van der Waals surface area (Å²) in [4.78, 5) is 0. The normalized spacial score (nSPS) is 19.3. The van der Waals surface area contributed by atoms with Gasteiger partial charge in [0.15, 0.2) is 0 Å². The van der Waals surface area contributed by atoms with Gasteiger partial charge in [-0.15, -0.1) is 0 Å². The van der Waals surface area contributed by atoms with Crippen LogP contribution in [0.4, 0.5) is 4.39 Å². The highest BCUT2D eigenvalue weighted by atomic mass is 19.1. The molecule has 0 heterocycles. The Bertz CT molecular complexity index is 550. The Hall–Kier alpha value is -1.67. The van der Waals surface area contributed by atoms with Crippen molar-refractivity contribution in [1.29, 1.82) is 0 Å². The first-order valence-corrected chi connectivity index (χ1v) is 5.77. The fraction of sp³-hybridized carbons (Fsp3) is 0.200. The number of fused-ring (bicyclic) bond motifs is 1.